The Balaban J connectivity index is 2.40. The largest absolute Gasteiger partial charge is 0.393 e. The van der Waals surface area contributed by atoms with Crippen molar-refractivity contribution in [2.24, 2.45) is 0 Å². The van der Waals surface area contributed by atoms with Gasteiger partial charge in [-0.2, -0.15) is 4.62 Å². The summed E-state index contributed by atoms with van der Waals surface area (Å²) in [5, 5.41) is 6.57. The zero-order valence-corrected chi connectivity index (χ0v) is 14.2. The van der Waals surface area contributed by atoms with Crippen LogP contribution in [0.2, 0.25) is 0 Å². The van der Waals surface area contributed by atoms with Crippen molar-refractivity contribution in [1.82, 2.24) is 5.06 Å². The number of aliphatic hydroxyl groups is 1. The minimum atomic E-state index is -5.53. The van der Waals surface area contributed by atoms with E-state index in [1.165, 1.54) is 31.2 Å². The van der Waals surface area contributed by atoms with Crippen LogP contribution >= 0.6 is 15.2 Å². The van der Waals surface area contributed by atoms with Crippen LogP contribution in [0, 0.1) is 0 Å². The van der Waals surface area contributed by atoms with Gasteiger partial charge in [0.25, 0.3) is 16.9 Å². The van der Waals surface area contributed by atoms with Gasteiger partial charge in [0, 0.05) is 0 Å². The minimum Gasteiger partial charge on any atom is -0.367 e. The van der Waals surface area contributed by atoms with Crippen molar-refractivity contribution in [2.75, 3.05) is 0 Å². The van der Waals surface area contributed by atoms with Gasteiger partial charge < -0.3 is 19.8 Å². The van der Waals surface area contributed by atoms with Gasteiger partial charge in [-0.15, -0.1) is 5.06 Å². The molecule has 0 spiro atoms. The lowest BCUT2D eigenvalue weighted by Gasteiger charge is -2.32. The SMILES string of the molecule is CCCC(O)(P(=O)(O)O)P(=O)(O)ON1C(=O)c2ccccc2C1=O. The number of hydrogen-bond donors (Lipinski definition) is 4. The zero-order chi connectivity index (χ0) is 18.3. The second-order valence-electron chi connectivity index (χ2n) is 5.12. The molecule has 4 N–H and O–H groups in total. The molecule has 1 aromatic rings. The Hall–Kier alpha value is -1.38. The molecule has 12 heteroatoms. The Morgan fingerprint density at radius 3 is 1.92 bits per heavy atom. The van der Waals surface area contributed by atoms with Crippen LogP contribution in [0.5, 0.6) is 0 Å². The molecule has 2 amide bonds. The van der Waals surface area contributed by atoms with E-state index in [9.17, 15) is 38.5 Å². The van der Waals surface area contributed by atoms with E-state index >= 15 is 0 Å². The Labute approximate surface area is 136 Å². The zero-order valence-electron chi connectivity index (χ0n) is 12.4. The van der Waals surface area contributed by atoms with Gasteiger partial charge in [-0.1, -0.05) is 25.5 Å². The highest BCUT2D eigenvalue weighted by atomic mass is 31.2. The van der Waals surface area contributed by atoms with Crippen molar-refractivity contribution in [3.05, 3.63) is 35.4 Å². The summed E-state index contributed by atoms with van der Waals surface area (Å²) in [5.74, 6) is -2.15. The van der Waals surface area contributed by atoms with Gasteiger partial charge in [0.2, 0.25) is 0 Å². The number of rotatable bonds is 6. The van der Waals surface area contributed by atoms with E-state index < -0.39 is 38.5 Å². The van der Waals surface area contributed by atoms with Gasteiger partial charge in [-0.05, 0) is 18.6 Å². The van der Waals surface area contributed by atoms with Crippen LogP contribution in [-0.2, 0) is 13.8 Å². The Morgan fingerprint density at radius 1 is 1.08 bits per heavy atom. The highest BCUT2D eigenvalue weighted by Gasteiger charge is 2.62. The maximum absolute atomic E-state index is 12.3. The number of hydroxylamine groups is 2. The molecule has 0 saturated carbocycles. The standard InChI is InChI=1S/C12H15NO9P2/c1-2-7-12(16,23(17,18)19)24(20,21)22-13-10(14)8-5-3-4-6-9(8)11(13)15/h3-6,16H,2,7H2,1H3,(H,20,21)(H2,17,18,19). The third-order valence-electron chi connectivity index (χ3n) is 3.45. The van der Waals surface area contributed by atoms with Crippen molar-refractivity contribution in [3.63, 3.8) is 0 Å². The molecule has 24 heavy (non-hydrogen) atoms. The van der Waals surface area contributed by atoms with E-state index in [-0.39, 0.29) is 22.6 Å². The molecule has 0 saturated heterocycles. The monoisotopic (exact) mass is 379 g/mol. The van der Waals surface area contributed by atoms with Crippen LogP contribution < -0.4 is 0 Å². The topological polar surface area (TPSA) is 162 Å². The summed E-state index contributed by atoms with van der Waals surface area (Å²) in [6, 6.07) is 5.47. The van der Waals surface area contributed by atoms with Crippen LogP contribution in [0.4, 0.5) is 0 Å². The number of imide groups is 1. The molecule has 1 heterocycles. The number of amides is 2. The smallest absolute Gasteiger partial charge is 0.367 e. The number of carbonyl (C=O) groups excluding carboxylic acids is 2. The second-order valence-corrected chi connectivity index (χ2v) is 9.25. The van der Waals surface area contributed by atoms with E-state index in [1.807, 2.05) is 0 Å². The molecule has 0 bridgehead atoms. The lowest BCUT2D eigenvalue weighted by Crippen LogP contribution is -2.36. The number of benzene rings is 1. The molecule has 0 aliphatic carbocycles. The van der Waals surface area contributed by atoms with E-state index in [1.54, 1.807) is 0 Å². The summed E-state index contributed by atoms with van der Waals surface area (Å²) in [5.41, 5.74) is -0.199. The lowest BCUT2D eigenvalue weighted by molar-refractivity contribution is -0.0309. The molecule has 0 aromatic heterocycles. The molecule has 0 fully saturated rings. The van der Waals surface area contributed by atoms with Crippen molar-refractivity contribution in [1.29, 1.82) is 0 Å². The van der Waals surface area contributed by atoms with E-state index in [0.29, 0.717) is 0 Å². The first kappa shape index (κ1) is 19.0. The van der Waals surface area contributed by atoms with Gasteiger partial charge in [0.05, 0.1) is 11.1 Å². The Morgan fingerprint density at radius 2 is 1.54 bits per heavy atom. The molecule has 10 nitrogen and oxygen atoms in total. The molecule has 2 atom stereocenters. The summed E-state index contributed by atoms with van der Waals surface area (Å²) >= 11 is 0. The molecule has 1 aromatic carbocycles. The second kappa shape index (κ2) is 6.16. The van der Waals surface area contributed by atoms with Crippen LogP contribution in [-0.4, -0.2) is 41.7 Å². The maximum Gasteiger partial charge on any atom is 0.393 e. The molecular formula is C12H15NO9P2. The highest BCUT2D eigenvalue weighted by molar-refractivity contribution is 7.72. The fraction of sp³-hybridized carbons (Fsp3) is 0.333. The predicted octanol–water partition coefficient (Wildman–Crippen LogP) is 1.02. The van der Waals surface area contributed by atoms with Gasteiger partial charge in [-0.3, -0.25) is 18.7 Å². The van der Waals surface area contributed by atoms with Crippen LogP contribution in [0.3, 0.4) is 0 Å². The summed E-state index contributed by atoms with van der Waals surface area (Å²) in [6.45, 7) is 1.41. The lowest BCUT2D eigenvalue weighted by atomic mass is 10.1. The average Bonchev–Trinajstić information content (AvgIpc) is 2.71. The molecule has 0 radical (unpaired) electrons. The third-order valence-corrected chi connectivity index (χ3v) is 7.66. The van der Waals surface area contributed by atoms with Crippen molar-refractivity contribution < 1.29 is 43.1 Å². The molecular weight excluding hydrogens is 364 g/mol. The van der Waals surface area contributed by atoms with Crippen molar-refractivity contribution in [2.45, 2.75) is 24.8 Å². The van der Waals surface area contributed by atoms with Crippen LogP contribution in [0.15, 0.2) is 24.3 Å². The van der Waals surface area contributed by atoms with Gasteiger partial charge in [0.15, 0.2) is 0 Å². The van der Waals surface area contributed by atoms with Crippen molar-refractivity contribution in [3.8, 4) is 0 Å². The number of fused-ring (bicyclic) bond motifs is 1. The number of carbonyl (C=O) groups is 2. The quantitative estimate of drug-likeness (QED) is 0.418. The third kappa shape index (κ3) is 2.87. The fourth-order valence-electron chi connectivity index (χ4n) is 2.20. The first-order chi connectivity index (χ1) is 11.0. The highest BCUT2D eigenvalue weighted by Crippen LogP contribution is 2.72. The normalized spacial score (nSPS) is 19.8. The van der Waals surface area contributed by atoms with E-state index in [4.69, 9.17) is 0 Å². The molecule has 2 rings (SSSR count). The summed E-state index contributed by atoms with van der Waals surface area (Å²) < 4.78 is 28.3. The predicted molar refractivity (Wildman–Crippen MR) is 79.8 cm³/mol. The number of nitrogens with zero attached hydrogens (tertiary/aromatic N) is 1. The minimum absolute atomic E-state index is 0.0677. The molecule has 1 aliphatic rings. The number of hydrogen-bond acceptors (Lipinski definition) is 6. The van der Waals surface area contributed by atoms with E-state index in [2.05, 4.69) is 4.62 Å². The summed E-state index contributed by atoms with van der Waals surface area (Å²) in [7, 11) is -11.1. The van der Waals surface area contributed by atoms with Gasteiger partial charge in [-0.25, -0.2) is 0 Å². The maximum atomic E-state index is 12.3. The Bertz CT molecular complexity index is 753. The molecule has 132 valence electrons. The van der Waals surface area contributed by atoms with Gasteiger partial charge >= 0.3 is 15.2 Å². The first-order valence-corrected chi connectivity index (χ1v) is 9.93. The van der Waals surface area contributed by atoms with Crippen LogP contribution in [0.1, 0.15) is 40.5 Å². The fourth-order valence-corrected chi connectivity index (χ4v) is 5.15. The first-order valence-electron chi connectivity index (χ1n) is 6.74. The van der Waals surface area contributed by atoms with E-state index in [0.717, 1.165) is 0 Å². The molecule has 2 unspecified atom stereocenters. The summed E-state index contributed by atoms with van der Waals surface area (Å²) in [4.78, 5) is 52.6. The molecule has 1 aliphatic heterocycles. The Kier molecular flexibility index (Phi) is 4.87. The summed E-state index contributed by atoms with van der Waals surface area (Å²) in [6.07, 6.45) is -0.855. The van der Waals surface area contributed by atoms with Crippen molar-refractivity contribution >= 4 is 27.0 Å². The average molecular weight is 379 g/mol. The van der Waals surface area contributed by atoms with Gasteiger partial charge in [0.1, 0.15) is 0 Å². The van der Waals surface area contributed by atoms with Crippen LogP contribution in [0.25, 0.3) is 0 Å².